The molecule has 0 aliphatic carbocycles. The number of esters is 1. The van der Waals surface area contributed by atoms with Gasteiger partial charge in [-0.1, -0.05) is 29.3 Å². The number of hydrogen-bond acceptors (Lipinski definition) is 7. The van der Waals surface area contributed by atoms with E-state index in [0.29, 0.717) is 5.56 Å². The lowest BCUT2D eigenvalue weighted by atomic mass is 9.99. The molecule has 0 radical (unpaired) electrons. The lowest BCUT2D eigenvalue weighted by molar-refractivity contribution is -0.144. The molecule has 0 fully saturated rings. The average molecular weight is 452 g/mol. The van der Waals surface area contributed by atoms with E-state index in [1.54, 1.807) is 32.9 Å². The first-order valence-corrected chi connectivity index (χ1v) is 10.2. The second kappa shape index (κ2) is 12.0. The van der Waals surface area contributed by atoms with Crippen LogP contribution < -0.4 is 10.6 Å². The van der Waals surface area contributed by atoms with Gasteiger partial charge in [0.15, 0.2) is 0 Å². The molecule has 0 aliphatic rings. The number of nitrogens with one attached hydrogen (secondary N) is 2. The van der Waals surface area contributed by atoms with Crippen LogP contribution in [0, 0.1) is 13.8 Å². The fraction of sp³-hybridized carbons (Fsp3) is 0.545. The summed E-state index contributed by atoms with van der Waals surface area (Å²) in [6.07, 6.45) is -0.784. The van der Waals surface area contributed by atoms with Crippen LogP contribution in [0.1, 0.15) is 43.5 Å². The average Bonchev–Trinajstić information content (AvgIpc) is 2.67. The van der Waals surface area contributed by atoms with Crippen LogP contribution >= 0.6 is 0 Å². The van der Waals surface area contributed by atoms with Gasteiger partial charge in [-0.05, 0) is 40.2 Å². The summed E-state index contributed by atoms with van der Waals surface area (Å²) in [4.78, 5) is 50.6. The summed E-state index contributed by atoms with van der Waals surface area (Å²) in [7, 11) is 1.19. The van der Waals surface area contributed by atoms with E-state index in [2.05, 4.69) is 15.4 Å². The minimum atomic E-state index is -1.14. The Balaban J connectivity index is 3.19. The first kappa shape index (κ1) is 26.9. The van der Waals surface area contributed by atoms with Crippen LogP contribution in [0.25, 0.3) is 0 Å². The molecule has 1 rings (SSSR count). The quantitative estimate of drug-likeness (QED) is 0.477. The van der Waals surface area contributed by atoms with Gasteiger partial charge in [0.05, 0.1) is 13.7 Å². The molecule has 3 N–H and O–H groups in total. The van der Waals surface area contributed by atoms with Crippen LogP contribution in [-0.4, -0.2) is 72.8 Å². The van der Waals surface area contributed by atoms with Gasteiger partial charge in [-0.2, -0.15) is 0 Å². The molecule has 1 aromatic rings. The summed E-state index contributed by atoms with van der Waals surface area (Å²) in [5.41, 5.74) is 1.50. The Hall–Kier alpha value is -3.14. The van der Waals surface area contributed by atoms with E-state index < -0.39 is 48.7 Å². The van der Waals surface area contributed by atoms with Gasteiger partial charge in [0.2, 0.25) is 11.8 Å². The van der Waals surface area contributed by atoms with E-state index >= 15 is 0 Å². The molecule has 1 unspecified atom stereocenters. The number of ether oxygens (including phenoxy) is 2. The molecule has 0 saturated heterocycles. The molecule has 1 aromatic carbocycles. The standard InChI is InChI=1S/C22H33N3O7/c1-14-9-15(2)11-16(10-14)19(20(29)23-13-18(28)31-6)25(7-8-26)17(27)12-24-21(30)32-22(3,4)5/h9-11,19,26H,7-8,12-13H2,1-6H3,(H,23,29)(H,24,30). The second-order valence-electron chi connectivity index (χ2n) is 8.28. The summed E-state index contributed by atoms with van der Waals surface area (Å²) >= 11 is 0. The summed E-state index contributed by atoms with van der Waals surface area (Å²) in [5.74, 6) is -1.88. The molecule has 10 heteroatoms. The highest BCUT2D eigenvalue weighted by atomic mass is 16.6. The van der Waals surface area contributed by atoms with Crippen LogP contribution in [0.4, 0.5) is 4.79 Å². The smallest absolute Gasteiger partial charge is 0.408 e. The van der Waals surface area contributed by atoms with Crippen molar-refractivity contribution in [2.75, 3.05) is 33.4 Å². The highest BCUT2D eigenvalue weighted by Crippen LogP contribution is 2.24. The third-order valence-corrected chi connectivity index (χ3v) is 4.20. The number of benzene rings is 1. The monoisotopic (exact) mass is 451 g/mol. The lowest BCUT2D eigenvalue weighted by Gasteiger charge is -2.31. The third kappa shape index (κ3) is 8.93. The summed E-state index contributed by atoms with van der Waals surface area (Å²) in [5, 5.41) is 14.4. The fourth-order valence-corrected chi connectivity index (χ4v) is 3.04. The van der Waals surface area contributed by atoms with Crippen molar-refractivity contribution in [3.8, 4) is 0 Å². The summed E-state index contributed by atoms with van der Waals surface area (Å²) in [6, 6.07) is 4.26. The number of carbonyl (C=O) groups excluding carboxylic acids is 4. The maximum absolute atomic E-state index is 13.0. The number of amides is 3. The third-order valence-electron chi connectivity index (χ3n) is 4.20. The van der Waals surface area contributed by atoms with Crippen molar-refractivity contribution >= 4 is 23.9 Å². The van der Waals surface area contributed by atoms with Crippen molar-refractivity contribution < 1.29 is 33.8 Å². The van der Waals surface area contributed by atoms with E-state index in [1.807, 2.05) is 19.9 Å². The zero-order chi connectivity index (χ0) is 24.5. The summed E-state index contributed by atoms with van der Waals surface area (Å²) in [6.45, 7) is 7.36. The molecule has 0 heterocycles. The van der Waals surface area contributed by atoms with E-state index in [-0.39, 0.29) is 13.1 Å². The molecule has 10 nitrogen and oxygen atoms in total. The van der Waals surface area contributed by atoms with Gasteiger partial charge in [0.1, 0.15) is 24.7 Å². The largest absolute Gasteiger partial charge is 0.468 e. The second-order valence-corrected chi connectivity index (χ2v) is 8.28. The number of nitrogens with zero attached hydrogens (tertiary/aromatic N) is 1. The van der Waals surface area contributed by atoms with Gasteiger partial charge in [0.25, 0.3) is 0 Å². The van der Waals surface area contributed by atoms with Crippen LogP contribution in [0.15, 0.2) is 18.2 Å². The molecular formula is C22H33N3O7. The Morgan fingerprint density at radius 1 is 1.03 bits per heavy atom. The van der Waals surface area contributed by atoms with E-state index in [9.17, 15) is 24.3 Å². The predicted octanol–water partition coefficient (Wildman–Crippen LogP) is 0.979. The highest BCUT2D eigenvalue weighted by molar-refractivity contribution is 5.92. The van der Waals surface area contributed by atoms with E-state index in [1.165, 1.54) is 7.11 Å². The van der Waals surface area contributed by atoms with Crippen molar-refractivity contribution in [3.05, 3.63) is 34.9 Å². The van der Waals surface area contributed by atoms with Crippen LogP contribution in [0.2, 0.25) is 0 Å². The van der Waals surface area contributed by atoms with Crippen LogP contribution in [0.3, 0.4) is 0 Å². The SMILES string of the molecule is COC(=O)CNC(=O)C(c1cc(C)cc(C)c1)N(CCO)C(=O)CNC(=O)OC(C)(C)C. The zero-order valence-electron chi connectivity index (χ0n) is 19.5. The normalized spacial score (nSPS) is 11.8. The number of methoxy groups -OCH3 is 1. The first-order valence-electron chi connectivity index (χ1n) is 10.2. The summed E-state index contributed by atoms with van der Waals surface area (Å²) < 4.78 is 9.68. The van der Waals surface area contributed by atoms with Crippen LogP contribution in [0.5, 0.6) is 0 Å². The molecule has 3 amide bonds. The maximum Gasteiger partial charge on any atom is 0.408 e. The lowest BCUT2D eigenvalue weighted by Crippen LogP contribution is -2.49. The molecule has 0 aromatic heterocycles. The maximum atomic E-state index is 13.0. The Bertz CT molecular complexity index is 813. The number of rotatable bonds is 9. The van der Waals surface area contributed by atoms with Crippen molar-refractivity contribution in [2.45, 2.75) is 46.3 Å². The van der Waals surface area contributed by atoms with Crippen molar-refractivity contribution in [1.29, 1.82) is 0 Å². The Morgan fingerprint density at radius 3 is 2.12 bits per heavy atom. The van der Waals surface area contributed by atoms with Gasteiger partial charge in [-0.15, -0.1) is 0 Å². The minimum Gasteiger partial charge on any atom is -0.468 e. The number of hydrogen-bond donors (Lipinski definition) is 3. The Kier molecular flexibility index (Phi) is 10.1. The molecule has 32 heavy (non-hydrogen) atoms. The highest BCUT2D eigenvalue weighted by Gasteiger charge is 2.32. The molecule has 178 valence electrons. The Morgan fingerprint density at radius 2 is 1.62 bits per heavy atom. The molecule has 1 atom stereocenters. The first-order chi connectivity index (χ1) is 14.9. The number of aliphatic hydroxyl groups is 1. The number of aryl methyl sites for hydroxylation is 2. The molecule has 0 aliphatic heterocycles. The van der Waals surface area contributed by atoms with Crippen molar-refractivity contribution in [2.24, 2.45) is 0 Å². The van der Waals surface area contributed by atoms with Crippen molar-refractivity contribution in [3.63, 3.8) is 0 Å². The van der Waals surface area contributed by atoms with Gasteiger partial charge in [-0.25, -0.2) is 4.79 Å². The molecule has 0 saturated carbocycles. The minimum absolute atomic E-state index is 0.169. The topological polar surface area (TPSA) is 134 Å². The molecule has 0 spiro atoms. The van der Waals surface area contributed by atoms with Crippen LogP contribution in [-0.2, 0) is 23.9 Å². The molecule has 0 bridgehead atoms. The van der Waals surface area contributed by atoms with Gasteiger partial charge >= 0.3 is 12.1 Å². The number of carbonyl (C=O) groups is 4. The van der Waals surface area contributed by atoms with E-state index in [4.69, 9.17) is 4.74 Å². The number of alkyl carbamates (subject to hydrolysis) is 1. The Labute approximate surface area is 188 Å². The molecular weight excluding hydrogens is 418 g/mol. The van der Waals surface area contributed by atoms with Gasteiger partial charge in [0, 0.05) is 6.54 Å². The van der Waals surface area contributed by atoms with Gasteiger partial charge < -0.3 is 30.1 Å². The number of aliphatic hydroxyl groups excluding tert-OH is 1. The predicted molar refractivity (Wildman–Crippen MR) is 117 cm³/mol. The van der Waals surface area contributed by atoms with E-state index in [0.717, 1.165) is 16.0 Å². The van der Waals surface area contributed by atoms with Gasteiger partial charge in [-0.3, -0.25) is 14.4 Å². The van der Waals surface area contributed by atoms with Crippen molar-refractivity contribution in [1.82, 2.24) is 15.5 Å². The fourth-order valence-electron chi connectivity index (χ4n) is 3.04. The zero-order valence-corrected chi connectivity index (χ0v) is 19.5.